The fourth-order valence-electron chi connectivity index (χ4n) is 4.10. The Morgan fingerprint density at radius 1 is 0.711 bits per heavy atom. The topological polar surface area (TPSA) is 205 Å². The van der Waals surface area contributed by atoms with E-state index < -0.39 is 24.1 Å². The van der Waals surface area contributed by atoms with Crippen molar-refractivity contribution in [3.63, 3.8) is 0 Å². The number of amides is 2. The van der Waals surface area contributed by atoms with Gasteiger partial charge in [-0.25, -0.2) is 4.79 Å². The molecule has 13 nitrogen and oxygen atoms in total. The van der Waals surface area contributed by atoms with Gasteiger partial charge in [-0.3, -0.25) is 9.59 Å². The normalized spacial score (nSPS) is 10.9. The Hall–Kier alpha value is -4.69. The predicted molar refractivity (Wildman–Crippen MR) is 168 cm³/mol. The molecule has 2 amide bonds. The number of aliphatic hydroxyl groups excluding tert-OH is 1. The van der Waals surface area contributed by atoms with Gasteiger partial charge < -0.3 is 51.3 Å². The number of hydrogen-bond acceptors (Lipinski definition) is 11. The number of anilines is 2. The molecule has 13 heteroatoms. The highest BCUT2D eigenvalue weighted by Gasteiger charge is 2.22. The molecule has 3 aromatic carbocycles. The van der Waals surface area contributed by atoms with Gasteiger partial charge >= 0.3 is 5.97 Å². The molecule has 0 heterocycles. The first-order chi connectivity index (χ1) is 21.6. The first kappa shape index (κ1) is 34.8. The minimum absolute atomic E-state index is 0.00584. The molecule has 242 valence electrons. The van der Waals surface area contributed by atoms with Gasteiger partial charge in [-0.2, -0.15) is 0 Å². The Balaban J connectivity index is 2.00. The number of carbonyl (C=O) groups is 3. The molecule has 3 aromatic rings. The van der Waals surface area contributed by atoms with E-state index in [4.69, 9.17) is 30.4 Å². The third-order valence-electron chi connectivity index (χ3n) is 6.41. The zero-order valence-electron chi connectivity index (χ0n) is 25.5. The third kappa shape index (κ3) is 9.91. The number of esters is 1. The maximum atomic E-state index is 13.7. The van der Waals surface area contributed by atoms with Crippen LogP contribution in [0.25, 0.3) is 0 Å². The summed E-state index contributed by atoms with van der Waals surface area (Å²) in [5.41, 5.74) is 11.1. The van der Waals surface area contributed by atoms with Crippen LogP contribution in [-0.4, -0.2) is 68.0 Å². The van der Waals surface area contributed by atoms with E-state index in [0.29, 0.717) is 24.0 Å². The number of aliphatic hydroxyl groups is 2. The highest BCUT2D eigenvalue weighted by atomic mass is 16.5. The van der Waals surface area contributed by atoms with Crippen LogP contribution in [0.2, 0.25) is 0 Å². The summed E-state index contributed by atoms with van der Waals surface area (Å²) in [7, 11) is 1.21. The Bertz CT molecular complexity index is 1480. The molecule has 0 aliphatic rings. The first-order valence-electron chi connectivity index (χ1n) is 14.4. The van der Waals surface area contributed by atoms with Gasteiger partial charge in [-0.1, -0.05) is 13.8 Å². The van der Waals surface area contributed by atoms with E-state index in [0.717, 1.165) is 6.42 Å². The molecule has 0 spiro atoms. The highest BCUT2D eigenvalue weighted by Crippen LogP contribution is 2.29. The van der Waals surface area contributed by atoms with Crippen LogP contribution in [0.1, 0.15) is 63.2 Å². The van der Waals surface area contributed by atoms with Crippen molar-refractivity contribution in [3.8, 4) is 17.2 Å². The number of carbonyl (C=O) groups excluding carboxylic acids is 3. The van der Waals surface area contributed by atoms with Gasteiger partial charge in [0, 0.05) is 18.7 Å². The van der Waals surface area contributed by atoms with Crippen molar-refractivity contribution in [2.45, 2.75) is 26.6 Å². The second-order valence-electron chi connectivity index (χ2n) is 10.2. The van der Waals surface area contributed by atoms with Gasteiger partial charge in [-0.15, -0.1) is 0 Å². The summed E-state index contributed by atoms with van der Waals surface area (Å²) in [5.74, 6) is -0.724. The average Bonchev–Trinajstić information content (AvgIpc) is 3.02. The van der Waals surface area contributed by atoms with E-state index in [9.17, 15) is 24.6 Å². The van der Waals surface area contributed by atoms with Crippen LogP contribution in [-0.2, 0) is 4.74 Å². The number of hydrogen-bond donors (Lipinski definition) is 6. The van der Waals surface area contributed by atoms with Gasteiger partial charge in [0.1, 0.15) is 30.5 Å². The minimum Gasteiger partial charge on any atom is -0.494 e. The molecule has 0 bridgehead atoms. The molecule has 3 rings (SSSR count). The summed E-state index contributed by atoms with van der Waals surface area (Å²) in [6.07, 6.45) is -1.18. The van der Waals surface area contributed by atoms with Crippen LogP contribution < -0.4 is 36.3 Å². The summed E-state index contributed by atoms with van der Waals surface area (Å²) >= 11 is 0. The quantitative estimate of drug-likeness (QED) is 0.101. The van der Waals surface area contributed by atoms with Gasteiger partial charge in [0.15, 0.2) is 6.29 Å². The molecule has 0 saturated heterocycles. The molecule has 45 heavy (non-hydrogen) atoms. The second-order valence-corrected chi connectivity index (χ2v) is 10.2. The molecule has 0 radical (unpaired) electrons. The minimum atomic E-state index is -1.96. The van der Waals surface area contributed by atoms with Crippen LogP contribution in [0.15, 0.2) is 54.6 Å². The second kappa shape index (κ2) is 17.0. The lowest BCUT2D eigenvalue weighted by molar-refractivity contribution is -0.0429. The van der Waals surface area contributed by atoms with Crippen molar-refractivity contribution in [1.29, 1.82) is 0 Å². The molecule has 0 fully saturated rings. The molecule has 0 saturated carbocycles. The van der Waals surface area contributed by atoms with Crippen molar-refractivity contribution in [2.75, 3.05) is 50.7 Å². The van der Waals surface area contributed by atoms with E-state index in [1.54, 1.807) is 12.1 Å². The predicted octanol–water partition coefficient (Wildman–Crippen LogP) is 3.06. The van der Waals surface area contributed by atoms with Crippen molar-refractivity contribution in [2.24, 2.45) is 17.4 Å². The Kier molecular flexibility index (Phi) is 13.1. The van der Waals surface area contributed by atoms with E-state index in [-0.39, 0.29) is 65.7 Å². The highest BCUT2D eigenvalue weighted by molar-refractivity contribution is 6.14. The summed E-state index contributed by atoms with van der Waals surface area (Å²) in [6, 6.07) is 13.2. The van der Waals surface area contributed by atoms with Crippen LogP contribution in [0, 0.1) is 5.92 Å². The molecule has 8 N–H and O–H groups in total. The van der Waals surface area contributed by atoms with Crippen LogP contribution >= 0.6 is 0 Å². The zero-order valence-corrected chi connectivity index (χ0v) is 25.5. The number of nitrogens with one attached hydrogen (secondary N) is 2. The summed E-state index contributed by atoms with van der Waals surface area (Å²) in [6.45, 7) is 5.40. The zero-order chi connectivity index (χ0) is 32.9. The molecular weight excluding hydrogens is 584 g/mol. The Morgan fingerprint density at radius 2 is 1.18 bits per heavy atom. The lowest BCUT2D eigenvalue weighted by atomic mass is 10.0. The number of rotatable bonds is 16. The maximum Gasteiger partial charge on any atom is 0.340 e. The van der Waals surface area contributed by atoms with E-state index in [1.165, 1.54) is 49.6 Å². The molecule has 0 aliphatic heterocycles. The van der Waals surface area contributed by atoms with E-state index in [1.807, 2.05) is 0 Å². The molecular formula is C32H40N4O9. The van der Waals surface area contributed by atoms with Gasteiger partial charge in [0.2, 0.25) is 0 Å². The number of nitrogens with two attached hydrogens (primary N) is 2. The average molecular weight is 625 g/mol. The number of benzene rings is 3. The Morgan fingerprint density at radius 3 is 1.69 bits per heavy atom. The van der Waals surface area contributed by atoms with Gasteiger partial charge in [0.05, 0.1) is 41.8 Å². The number of methoxy groups -OCH3 is 1. The largest absolute Gasteiger partial charge is 0.494 e. The summed E-state index contributed by atoms with van der Waals surface area (Å²) in [4.78, 5) is 39.8. The fraction of sp³-hybridized carbons (Fsp3) is 0.344. The monoisotopic (exact) mass is 624 g/mol. The molecule has 0 unspecified atom stereocenters. The smallest absolute Gasteiger partial charge is 0.340 e. The fourth-order valence-corrected chi connectivity index (χ4v) is 4.10. The van der Waals surface area contributed by atoms with Crippen molar-refractivity contribution >= 4 is 29.2 Å². The molecule has 0 aliphatic carbocycles. The van der Waals surface area contributed by atoms with Gasteiger partial charge in [0.25, 0.3) is 11.8 Å². The number of ether oxygens (including phenoxy) is 4. The summed E-state index contributed by atoms with van der Waals surface area (Å²) in [5, 5.41) is 25.2. The lowest BCUT2D eigenvalue weighted by Crippen LogP contribution is -2.21. The lowest BCUT2D eigenvalue weighted by Gasteiger charge is -2.17. The molecule has 0 atom stereocenters. The summed E-state index contributed by atoms with van der Waals surface area (Å²) < 4.78 is 21.7. The van der Waals surface area contributed by atoms with Gasteiger partial charge in [-0.05, 0) is 66.9 Å². The standard InChI is InChI=1S/C32H40N4O9/c1-19(2)10-13-43-21-5-8-27(35-29(37)24-16-20(44-14-11-33)4-7-23(24)31(39)40)25(17-21)30(38)36-28-9-6-22(45-15-12-34)18-26(28)32(41)42-3/h4-9,16-19,31,39-40H,10-15,33-34H2,1-3H3,(H,35,37)(H,36,38). The van der Waals surface area contributed by atoms with Crippen molar-refractivity contribution in [3.05, 3.63) is 76.9 Å². The first-order valence-corrected chi connectivity index (χ1v) is 14.4. The van der Waals surface area contributed by atoms with Crippen molar-refractivity contribution < 1.29 is 43.5 Å². The van der Waals surface area contributed by atoms with Crippen LogP contribution in [0.4, 0.5) is 11.4 Å². The molecule has 0 aromatic heterocycles. The van der Waals surface area contributed by atoms with Crippen molar-refractivity contribution in [1.82, 2.24) is 0 Å². The van der Waals surface area contributed by atoms with Crippen LogP contribution in [0.3, 0.4) is 0 Å². The third-order valence-corrected chi connectivity index (χ3v) is 6.41. The Labute approximate surface area is 261 Å². The van der Waals surface area contributed by atoms with Crippen LogP contribution in [0.5, 0.6) is 17.2 Å². The van der Waals surface area contributed by atoms with E-state index >= 15 is 0 Å². The maximum absolute atomic E-state index is 13.7. The van der Waals surface area contributed by atoms with E-state index in [2.05, 4.69) is 24.5 Å². The SMILES string of the molecule is COC(=O)c1cc(OCCN)ccc1NC(=O)c1cc(OCCC(C)C)ccc1NC(=O)c1cc(OCCN)ccc1C(O)O.